The van der Waals surface area contributed by atoms with Crippen LogP contribution in [-0.4, -0.2) is 12.6 Å². The Morgan fingerprint density at radius 3 is 2.57 bits per heavy atom. The van der Waals surface area contributed by atoms with Crippen molar-refractivity contribution in [1.29, 1.82) is 0 Å². The van der Waals surface area contributed by atoms with Crippen molar-refractivity contribution < 1.29 is 4.42 Å². The van der Waals surface area contributed by atoms with Crippen LogP contribution in [0.5, 0.6) is 0 Å². The molecule has 0 amide bonds. The number of furan rings is 1. The van der Waals surface area contributed by atoms with E-state index in [0.717, 1.165) is 13.0 Å². The lowest BCUT2D eigenvalue weighted by Crippen LogP contribution is -2.41. The second-order valence-electron chi connectivity index (χ2n) is 4.81. The average molecular weight is 195 g/mol. The highest BCUT2D eigenvalue weighted by atomic mass is 16.3. The molecule has 0 aliphatic heterocycles. The van der Waals surface area contributed by atoms with E-state index >= 15 is 0 Å². The molecule has 0 spiro atoms. The van der Waals surface area contributed by atoms with Gasteiger partial charge < -0.3 is 9.73 Å². The number of hydrogen-bond acceptors (Lipinski definition) is 2. The average Bonchev–Trinajstić information content (AvgIpc) is 2.54. The highest BCUT2D eigenvalue weighted by Gasteiger charge is 2.23. The van der Waals surface area contributed by atoms with Gasteiger partial charge in [0.1, 0.15) is 0 Å². The summed E-state index contributed by atoms with van der Waals surface area (Å²) in [6, 6.07) is 2.54. The molecule has 1 N–H and O–H groups in total. The van der Waals surface area contributed by atoms with Gasteiger partial charge in [-0.15, -0.1) is 0 Å². The van der Waals surface area contributed by atoms with Gasteiger partial charge in [-0.25, -0.2) is 0 Å². The summed E-state index contributed by atoms with van der Waals surface area (Å²) in [5, 5.41) is 3.52. The summed E-state index contributed by atoms with van der Waals surface area (Å²) in [7, 11) is 0. The number of nitrogens with one attached hydrogen (secondary N) is 1. The molecule has 0 fully saturated rings. The van der Waals surface area contributed by atoms with Crippen LogP contribution < -0.4 is 5.32 Å². The van der Waals surface area contributed by atoms with E-state index in [4.69, 9.17) is 4.42 Å². The fourth-order valence-electron chi connectivity index (χ4n) is 1.58. The molecule has 0 saturated carbocycles. The topological polar surface area (TPSA) is 25.2 Å². The third-order valence-electron chi connectivity index (χ3n) is 2.52. The summed E-state index contributed by atoms with van der Waals surface area (Å²) in [4.78, 5) is 0. The maximum Gasteiger partial charge on any atom is 0.0935 e. The van der Waals surface area contributed by atoms with Crippen LogP contribution in [0.3, 0.4) is 0 Å². The van der Waals surface area contributed by atoms with E-state index in [9.17, 15) is 0 Å². The quantitative estimate of drug-likeness (QED) is 0.799. The smallest absolute Gasteiger partial charge is 0.0935 e. The zero-order chi connectivity index (χ0) is 10.6. The zero-order valence-electron chi connectivity index (χ0n) is 9.63. The Bertz CT molecular complexity index is 246. The van der Waals surface area contributed by atoms with Gasteiger partial charge in [-0.2, -0.15) is 0 Å². The van der Waals surface area contributed by atoms with Gasteiger partial charge in [0.15, 0.2) is 0 Å². The minimum Gasteiger partial charge on any atom is -0.472 e. The minimum absolute atomic E-state index is 0.285. The van der Waals surface area contributed by atoms with Crippen molar-refractivity contribution >= 4 is 0 Å². The van der Waals surface area contributed by atoms with E-state index < -0.39 is 0 Å². The van der Waals surface area contributed by atoms with Gasteiger partial charge in [-0.3, -0.25) is 0 Å². The van der Waals surface area contributed by atoms with Gasteiger partial charge in [0.2, 0.25) is 0 Å². The fourth-order valence-corrected chi connectivity index (χ4v) is 1.58. The molecule has 0 radical (unpaired) electrons. The molecule has 0 saturated heterocycles. The van der Waals surface area contributed by atoms with Crippen LogP contribution >= 0.6 is 0 Å². The monoisotopic (exact) mass is 195 g/mol. The highest BCUT2D eigenvalue weighted by Crippen LogP contribution is 2.22. The van der Waals surface area contributed by atoms with Crippen LogP contribution in [0.4, 0.5) is 0 Å². The maximum absolute atomic E-state index is 5.08. The first kappa shape index (κ1) is 11.3. The molecule has 0 aromatic carbocycles. The Kier molecular flexibility index (Phi) is 3.76. The Balaban J connectivity index is 2.60. The van der Waals surface area contributed by atoms with Crippen LogP contribution in [0.15, 0.2) is 23.0 Å². The second-order valence-corrected chi connectivity index (χ2v) is 4.81. The predicted molar refractivity (Wildman–Crippen MR) is 59.3 cm³/mol. The van der Waals surface area contributed by atoms with Gasteiger partial charge in [0.05, 0.1) is 12.5 Å². The lowest BCUT2D eigenvalue weighted by molar-refractivity contribution is 0.269. The first-order valence-electron chi connectivity index (χ1n) is 5.28. The van der Waals surface area contributed by atoms with Crippen molar-refractivity contribution in [2.75, 3.05) is 6.54 Å². The van der Waals surface area contributed by atoms with Crippen LogP contribution in [0.1, 0.15) is 33.3 Å². The molecule has 0 aliphatic carbocycles. The zero-order valence-corrected chi connectivity index (χ0v) is 9.63. The molecule has 1 aromatic rings. The summed E-state index contributed by atoms with van der Waals surface area (Å²) in [6.07, 6.45) is 4.60. The third kappa shape index (κ3) is 3.18. The maximum atomic E-state index is 5.08. The molecule has 14 heavy (non-hydrogen) atoms. The van der Waals surface area contributed by atoms with Gasteiger partial charge >= 0.3 is 0 Å². The summed E-state index contributed by atoms with van der Waals surface area (Å²) in [5.74, 6) is 0. The minimum atomic E-state index is 0.285. The molecule has 2 heteroatoms. The molecular weight excluding hydrogens is 174 g/mol. The van der Waals surface area contributed by atoms with Crippen molar-refractivity contribution in [1.82, 2.24) is 5.32 Å². The van der Waals surface area contributed by atoms with Crippen LogP contribution in [0.2, 0.25) is 0 Å². The molecule has 1 aromatic heterocycles. The molecule has 0 bridgehead atoms. The van der Waals surface area contributed by atoms with Gasteiger partial charge in [-0.05, 0) is 30.0 Å². The van der Waals surface area contributed by atoms with Crippen molar-refractivity contribution in [2.45, 2.75) is 40.2 Å². The van der Waals surface area contributed by atoms with Crippen LogP contribution in [-0.2, 0) is 6.42 Å². The van der Waals surface area contributed by atoms with E-state index in [1.807, 2.05) is 12.3 Å². The van der Waals surface area contributed by atoms with Crippen molar-refractivity contribution in [3.8, 4) is 0 Å². The highest BCUT2D eigenvalue weighted by molar-refractivity contribution is 5.08. The molecule has 1 rings (SSSR count). The number of hydrogen-bond donors (Lipinski definition) is 1. The first-order chi connectivity index (χ1) is 6.54. The second kappa shape index (κ2) is 4.65. The van der Waals surface area contributed by atoms with Gasteiger partial charge in [0, 0.05) is 6.04 Å². The SMILES string of the molecule is CCNC(Cc1ccoc1)C(C)(C)C. The van der Waals surface area contributed by atoms with Crippen molar-refractivity contribution in [3.05, 3.63) is 24.2 Å². The van der Waals surface area contributed by atoms with Gasteiger partial charge in [-0.1, -0.05) is 27.7 Å². The summed E-state index contributed by atoms with van der Waals surface area (Å²) in [5.41, 5.74) is 1.55. The standard InChI is InChI=1S/C12H21NO/c1-5-13-11(12(2,3)4)8-10-6-7-14-9-10/h6-7,9,11,13H,5,8H2,1-4H3. The lowest BCUT2D eigenvalue weighted by atomic mass is 9.83. The Morgan fingerprint density at radius 1 is 1.43 bits per heavy atom. The van der Waals surface area contributed by atoms with Gasteiger partial charge in [0.25, 0.3) is 0 Å². The van der Waals surface area contributed by atoms with E-state index in [2.05, 4.69) is 33.0 Å². The molecule has 1 unspecified atom stereocenters. The molecule has 0 aliphatic rings. The summed E-state index contributed by atoms with van der Waals surface area (Å²) in [6.45, 7) is 9.95. The summed E-state index contributed by atoms with van der Waals surface area (Å²) < 4.78 is 5.08. The predicted octanol–water partition coefficient (Wildman–Crippen LogP) is 2.85. The largest absolute Gasteiger partial charge is 0.472 e. The molecule has 2 nitrogen and oxygen atoms in total. The Hall–Kier alpha value is -0.760. The van der Waals surface area contributed by atoms with E-state index in [-0.39, 0.29) is 5.41 Å². The first-order valence-corrected chi connectivity index (χ1v) is 5.28. The van der Waals surface area contributed by atoms with Crippen molar-refractivity contribution in [3.63, 3.8) is 0 Å². The summed E-state index contributed by atoms with van der Waals surface area (Å²) >= 11 is 0. The number of rotatable bonds is 4. The molecular formula is C12H21NO. The Morgan fingerprint density at radius 2 is 2.14 bits per heavy atom. The van der Waals surface area contributed by atoms with Crippen LogP contribution in [0, 0.1) is 5.41 Å². The molecule has 1 heterocycles. The fraction of sp³-hybridized carbons (Fsp3) is 0.667. The van der Waals surface area contributed by atoms with Crippen molar-refractivity contribution in [2.24, 2.45) is 5.41 Å². The van der Waals surface area contributed by atoms with E-state index in [1.165, 1.54) is 5.56 Å². The molecule has 80 valence electrons. The lowest BCUT2D eigenvalue weighted by Gasteiger charge is -2.31. The number of likely N-dealkylation sites (N-methyl/N-ethyl adjacent to an activating group) is 1. The normalized spacial score (nSPS) is 14.3. The molecule has 1 atom stereocenters. The third-order valence-corrected chi connectivity index (χ3v) is 2.52. The van der Waals surface area contributed by atoms with Crippen LogP contribution in [0.25, 0.3) is 0 Å². The Labute approximate surface area is 86.7 Å². The van der Waals surface area contributed by atoms with E-state index in [0.29, 0.717) is 6.04 Å². The van der Waals surface area contributed by atoms with E-state index in [1.54, 1.807) is 6.26 Å².